The highest BCUT2D eigenvalue weighted by Crippen LogP contribution is 2.11. The number of carbonyl (C=O) groups is 1. The normalized spacial score (nSPS) is 11.2. The van der Waals surface area contributed by atoms with Gasteiger partial charge in [0.25, 0.3) is 0 Å². The van der Waals surface area contributed by atoms with E-state index in [1.807, 2.05) is 37.7 Å². The lowest BCUT2D eigenvalue weighted by atomic mass is 10.2. The third kappa shape index (κ3) is 3.32. The second-order valence-electron chi connectivity index (χ2n) is 4.73. The van der Waals surface area contributed by atoms with Crippen LogP contribution in [0.2, 0.25) is 0 Å². The first-order chi connectivity index (χ1) is 9.10. The predicted octanol–water partition coefficient (Wildman–Crippen LogP) is 1.50. The fraction of sp³-hybridized carbons (Fsp3) is 0.429. The molecule has 0 N–H and O–H groups in total. The van der Waals surface area contributed by atoms with Gasteiger partial charge in [0, 0.05) is 18.9 Å². The summed E-state index contributed by atoms with van der Waals surface area (Å²) in [5.74, 6) is -0.220. The Morgan fingerprint density at radius 2 is 2.21 bits per heavy atom. The number of nitrogens with zero attached hydrogens (tertiary/aromatic N) is 3. The van der Waals surface area contributed by atoms with Gasteiger partial charge < -0.3 is 14.0 Å². The van der Waals surface area contributed by atoms with Crippen molar-refractivity contribution >= 4 is 11.6 Å². The minimum atomic E-state index is -0.220. The van der Waals surface area contributed by atoms with E-state index in [1.165, 1.54) is 5.56 Å². The van der Waals surface area contributed by atoms with E-state index < -0.39 is 0 Å². The van der Waals surface area contributed by atoms with Crippen molar-refractivity contribution in [2.45, 2.75) is 19.9 Å². The first-order valence-electron chi connectivity index (χ1n) is 6.35. The Morgan fingerprint density at radius 3 is 2.89 bits per heavy atom. The van der Waals surface area contributed by atoms with Crippen LogP contribution >= 0.6 is 0 Å². The molecule has 0 aliphatic carbocycles. The second kappa shape index (κ2) is 5.84. The fourth-order valence-corrected chi connectivity index (χ4v) is 2.02. The highest BCUT2D eigenvalue weighted by atomic mass is 16.5. The molecule has 102 valence electrons. The molecule has 0 bridgehead atoms. The maximum atomic E-state index is 11.5. The van der Waals surface area contributed by atoms with E-state index in [4.69, 9.17) is 4.74 Å². The molecule has 2 heterocycles. The second-order valence-corrected chi connectivity index (χ2v) is 4.73. The van der Waals surface area contributed by atoms with E-state index in [1.54, 1.807) is 6.20 Å². The molecule has 0 atom stereocenters. The Balaban J connectivity index is 2.26. The Labute approximate surface area is 112 Å². The Morgan fingerprint density at radius 1 is 1.42 bits per heavy atom. The number of fused-ring (bicyclic) bond motifs is 1. The van der Waals surface area contributed by atoms with Crippen LogP contribution in [0.25, 0.3) is 5.65 Å². The summed E-state index contributed by atoms with van der Waals surface area (Å²) in [6, 6.07) is 4.02. The topological polar surface area (TPSA) is 46.8 Å². The molecule has 5 heteroatoms. The van der Waals surface area contributed by atoms with Gasteiger partial charge in [-0.05, 0) is 32.6 Å². The first-order valence-corrected chi connectivity index (χ1v) is 6.35. The van der Waals surface area contributed by atoms with Crippen LogP contribution in [0.15, 0.2) is 24.5 Å². The van der Waals surface area contributed by atoms with Crippen molar-refractivity contribution in [3.05, 3.63) is 35.8 Å². The Bertz CT molecular complexity index is 575. The maximum absolute atomic E-state index is 11.5. The summed E-state index contributed by atoms with van der Waals surface area (Å²) in [7, 11) is 4.05. The maximum Gasteiger partial charge on any atom is 0.311 e. The van der Waals surface area contributed by atoms with Gasteiger partial charge in [0.2, 0.25) is 0 Å². The predicted molar refractivity (Wildman–Crippen MR) is 72.9 cm³/mol. The molecule has 0 radical (unpaired) electrons. The molecule has 0 saturated carbocycles. The molecule has 2 rings (SSSR count). The van der Waals surface area contributed by atoms with Gasteiger partial charge in [-0.1, -0.05) is 6.07 Å². The third-order valence-corrected chi connectivity index (χ3v) is 2.77. The van der Waals surface area contributed by atoms with E-state index in [0.717, 1.165) is 17.9 Å². The molecule has 0 fully saturated rings. The third-order valence-electron chi connectivity index (χ3n) is 2.77. The largest absolute Gasteiger partial charge is 0.466 e. The van der Waals surface area contributed by atoms with E-state index >= 15 is 0 Å². The van der Waals surface area contributed by atoms with E-state index in [-0.39, 0.29) is 12.4 Å². The summed E-state index contributed by atoms with van der Waals surface area (Å²) in [5, 5.41) is 0. The molecule has 0 amide bonds. The number of carbonyl (C=O) groups excluding carboxylic acids is 1. The van der Waals surface area contributed by atoms with Gasteiger partial charge in [-0.3, -0.25) is 4.79 Å². The van der Waals surface area contributed by atoms with Gasteiger partial charge in [-0.25, -0.2) is 4.98 Å². The molecule has 0 aliphatic rings. The molecule has 0 aliphatic heterocycles. The summed E-state index contributed by atoms with van der Waals surface area (Å²) in [4.78, 5) is 17.9. The number of hydrogen-bond acceptors (Lipinski definition) is 4. The highest BCUT2D eigenvalue weighted by molar-refractivity contribution is 5.72. The van der Waals surface area contributed by atoms with Gasteiger partial charge in [-0.2, -0.15) is 0 Å². The molecule has 2 aromatic rings. The van der Waals surface area contributed by atoms with Crippen molar-refractivity contribution in [3.63, 3.8) is 0 Å². The summed E-state index contributed by atoms with van der Waals surface area (Å²) in [6.45, 7) is 3.07. The standard InChI is InChI=1S/C14H19N3O2/c1-4-19-14(18)7-12-8-15-13-6-5-11(9-16(2)3)10-17(12)13/h5-6,8,10H,4,7,9H2,1-3H3. The number of imidazole rings is 1. The van der Waals surface area contributed by atoms with E-state index in [2.05, 4.69) is 16.0 Å². The lowest BCUT2D eigenvalue weighted by molar-refractivity contribution is -0.142. The van der Waals surface area contributed by atoms with Crippen molar-refractivity contribution in [2.75, 3.05) is 20.7 Å². The molecule has 0 saturated heterocycles. The van der Waals surface area contributed by atoms with Crippen LogP contribution in [0.3, 0.4) is 0 Å². The Hall–Kier alpha value is -1.88. The number of hydrogen-bond donors (Lipinski definition) is 0. The number of rotatable bonds is 5. The van der Waals surface area contributed by atoms with Gasteiger partial charge in [0.15, 0.2) is 0 Å². The van der Waals surface area contributed by atoms with Crippen LogP contribution in [0.1, 0.15) is 18.2 Å². The molecular formula is C14H19N3O2. The lowest BCUT2D eigenvalue weighted by Crippen LogP contribution is -2.12. The minimum absolute atomic E-state index is 0.220. The highest BCUT2D eigenvalue weighted by Gasteiger charge is 2.10. The summed E-state index contributed by atoms with van der Waals surface area (Å²) >= 11 is 0. The molecular weight excluding hydrogens is 242 g/mol. The van der Waals surface area contributed by atoms with Crippen molar-refractivity contribution in [3.8, 4) is 0 Å². The van der Waals surface area contributed by atoms with Crippen LogP contribution in [0.5, 0.6) is 0 Å². The summed E-state index contributed by atoms with van der Waals surface area (Å²) < 4.78 is 6.92. The molecule has 0 unspecified atom stereocenters. The monoisotopic (exact) mass is 261 g/mol. The van der Waals surface area contributed by atoms with Crippen LogP contribution in [-0.4, -0.2) is 41.0 Å². The Kier molecular flexibility index (Phi) is 4.16. The number of ether oxygens (including phenoxy) is 1. The van der Waals surface area contributed by atoms with E-state index in [0.29, 0.717) is 6.61 Å². The zero-order valence-electron chi connectivity index (χ0n) is 11.6. The molecule has 0 spiro atoms. The average molecular weight is 261 g/mol. The van der Waals surface area contributed by atoms with Gasteiger partial charge >= 0.3 is 5.97 Å². The quantitative estimate of drug-likeness (QED) is 0.765. The van der Waals surface area contributed by atoms with Gasteiger partial charge in [-0.15, -0.1) is 0 Å². The smallest absolute Gasteiger partial charge is 0.311 e. The van der Waals surface area contributed by atoms with Crippen LogP contribution in [0.4, 0.5) is 0 Å². The van der Waals surface area contributed by atoms with Crippen molar-refractivity contribution in [1.82, 2.24) is 14.3 Å². The molecule has 19 heavy (non-hydrogen) atoms. The van der Waals surface area contributed by atoms with Crippen molar-refractivity contribution < 1.29 is 9.53 Å². The van der Waals surface area contributed by atoms with Crippen LogP contribution in [0, 0.1) is 0 Å². The number of pyridine rings is 1. The van der Waals surface area contributed by atoms with Crippen LogP contribution in [-0.2, 0) is 22.5 Å². The number of aromatic nitrogens is 2. The zero-order valence-corrected chi connectivity index (χ0v) is 11.6. The average Bonchev–Trinajstić information content (AvgIpc) is 2.71. The van der Waals surface area contributed by atoms with Crippen molar-refractivity contribution in [1.29, 1.82) is 0 Å². The lowest BCUT2D eigenvalue weighted by Gasteiger charge is -2.10. The molecule has 0 aromatic carbocycles. The van der Waals surface area contributed by atoms with Gasteiger partial charge in [0.1, 0.15) is 5.65 Å². The number of esters is 1. The first kappa shape index (κ1) is 13.5. The molecule has 2 aromatic heterocycles. The molecule has 5 nitrogen and oxygen atoms in total. The van der Waals surface area contributed by atoms with Gasteiger partial charge in [0.05, 0.1) is 18.7 Å². The summed E-state index contributed by atoms with van der Waals surface area (Å²) in [5.41, 5.74) is 2.89. The van der Waals surface area contributed by atoms with Crippen molar-refractivity contribution in [2.24, 2.45) is 0 Å². The van der Waals surface area contributed by atoms with E-state index in [9.17, 15) is 4.79 Å². The zero-order chi connectivity index (χ0) is 13.8. The van der Waals surface area contributed by atoms with Crippen LogP contribution < -0.4 is 0 Å². The SMILES string of the molecule is CCOC(=O)Cc1cnc2ccc(CN(C)C)cn12. The summed E-state index contributed by atoms with van der Waals surface area (Å²) in [6.07, 6.45) is 4.00. The fourth-order valence-electron chi connectivity index (χ4n) is 2.02. The minimum Gasteiger partial charge on any atom is -0.466 e.